The molecular weight excluding hydrogens is 287 g/mol. The topological polar surface area (TPSA) is 63.8 Å². The maximum Gasteiger partial charge on any atom is 0.231 e. The second kappa shape index (κ2) is 6.84. The van der Waals surface area contributed by atoms with E-state index >= 15 is 0 Å². The van der Waals surface area contributed by atoms with Crippen molar-refractivity contribution >= 4 is 24.8 Å². The Morgan fingerprint density at radius 1 is 1.21 bits per heavy atom. The van der Waals surface area contributed by atoms with Crippen molar-refractivity contribution in [1.29, 1.82) is 0 Å². The molecule has 1 fully saturated rings. The van der Waals surface area contributed by atoms with E-state index < -0.39 is 0 Å². The van der Waals surface area contributed by atoms with Gasteiger partial charge in [-0.3, -0.25) is 4.98 Å². The van der Waals surface area contributed by atoms with Gasteiger partial charge in [-0.15, -0.1) is 24.8 Å². The van der Waals surface area contributed by atoms with Crippen LogP contribution in [0.3, 0.4) is 0 Å². The van der Waals surface area contributed by atoms with E-state index in [1.165, 1.54) is 0 Å². The van der Waals surface area contributed by atoms with Crippen molar-refractivity contribution < 1.29 is 4.52 Å². The molecule has 0 radical (unpaired) electrons. The van der Waals surface area contributed by atoms with E-state index in [9.17, 15) is 0 Å². The van der Waals surface area contributed by atoms with Crippen molar-refractivity contribution in [3.05, 3.63) is 30.4 Å². The number of aromatic nitrogens is 3. The molecule has 0 saturated carbocycles. The minimum atomic E-state index is 0. The van der Waals surface area contributed by atoms with Crippen LogP contribution in [0.1, 0.15) is 18.7 Å². The predicted molar refractivity (Wildman–Crippen MR) is 76.8 cm³/mol. The summed E-state index contributed by atoms with van der Waals surface area (Å²) in [5, 5.41) is 7.36. The smallest absolute Gasteiger partial charge is 0.231 e. The van der Waals surface area contributed by atoms with Crippen LogP contribution in [0.15, 0.2) is 29.0 Å². The van der Waals surface area contributed by atoms with Gasteiger partial charge in [0.15, 0.2) is 0 Å². The van der Waals surface area contributed by atoms with Gasteiger partial charge in [-0.05, 0) is 24.6 Å². The molecule has 1 aliphatic heterocycles. The molecule has 2 unspecified atom stereocenters. The number of halogens is 2. The first-order valence-corrected chi connectivity index (χ1v) is 5.79. The second-order valence-electron chi connectivity index (χ2n) is 4.43. The zero-order chi connectivity index (χ0) is 11.7. The second-order valence-corrected chi connectivity index (χ2v) is 4.43. The van der Waals surface area contributed by atoms with Gasteiger partial charge in [0.05, 0.1) is 5.92 Å². The summed E-state index contributed by atoms with van der Waals surface area (Å²) in [6.45, 7) is 4.12. The fraction of sp³-hybridized carbons (Fsp3) is 0.417. The molecule has 1 aliphatic rings. The van der Waals surface area contributed by atoms with E-state index in [0.29, 0.717) is 17.7 Å². The van der Waals surface area contributed by atoms with Crippen LogP contribution in [0.2, 0.25) is 0 Å². The van der Waals surface area contributed by atoms with Crippen LogP contribution in [0.4, 0.5) is 0 Å². The van der Waals surface area contributed by atoms with E-state index in [1.54, 1.807) is 12.4 Å². The van der Waals surface area contributed by atoms with Gasteiger partial charge in [-0.1, -0.05) is 12.1 Å². The third kappa shape index (κ3) is 3.23. The fourth-order valence-corrected chi connectivity index (χ4v) is 2.14. The Labute approximate surface area is 124 Å². The third-order valence-electron chi connectivity index (χ3n) is 3.21. The Morgan fingerprint density at radius 3 is 2.58 bits per heavy atom. The Hall–Kier alpha value is -1.17. The van der Waals surface area contributed by atoms with E-state index in [4.69, 9.17) is 4.52 Å². The van der Waals surface area contributed by atoms with Gasteiger partial charge < -0.3 is 9.84 Å². The number of rotatable bonds is 2. The normalized spacial score (nSPS) is 21.5. The third-order valence-corrected chi connectivity index (χ3v) is 3.21. The van der Waals surface area contributed by atoms with Gasteiger partial charge in [0, 0.05) is 24.5 Å². The predicted octanol–water partition coefficient (Wildman–Crippen LogP) is 2.30. The highest BCUT2D eigenvalue weighted by atomic mass is 35.5. The summed E-state index contributed by atoms with van der Waals surface area (Å²) in [7, 11) is 0. The van der Waals surface area contributed by atoms with Crippen LogP contribution in [-0.2, 0) is 0 Å². The van der Waals surface area contributed by atoms with E-state index in [0.717, 1.165) is 24.5 Å². The molecule has 7 heteroatoms. The number of hydrogen-bond acceptors (Lipinski definition) is 5. The number of hydrogen-bond donors (Lipinski definition) is 1. The first-order chi connectivity index (χ1) is 8.34. The van der Waals surface area contributed by atoms with Gasteiger partial charge in [-0.25, -0.2) is 0 Å². The van der Waals surface area contributed by atoms with Crippen molar-refractivity contribution in [2.45, 2.75) is 12.8 Å². The number of pyridine rings is 1. The van der Waals surface area contributed by atoms with Crippen molar-refractivity contribution in [2.75, 3.05) is 13.1 Å². The minimum Gasteiger partial charge on any atom is -0.339 e. The lowest BCUT2D eigenvalue weighted by molar-refractivity contribution is 0.340. The highest BCUT2D eigenvalue weighted by molar-refractivity contribution is 5.85. The molecule has 19 heavy (non-hydrogen) atoms. The fourth-order valence-electron chi connectivity index (χ4n) is 2.14. The quantitative estimate of drug-likeness (QED) is 0.922. The minimum absolute atomic E-state index is 0. The first-order valence-electron chi connectivity index (χ1n) is 5.79. The molecule has 3 heterocycles. The zero-order valence-electron chi connectivity index (χ0n) is 10.4. The summed E-state index contributed by atoms with van der Waals surface area (Å²) in [4.78, 5) is 8.44. The van der Waals surface area contributed by atoms with Crippen molar-refractivity contribution in [3.63, 3.8) is 0 Å². The van der Waals surface area contributed by atoms with Crippen molar-refractivity contribution in [1.82, 2.24) is 20.4 Å². The molecule has 3 rings (SSSR count). The Morgan fingerprint density at radius 2 is 1.95 bits per heavy atom. The molecule has 2 aromatic rings. The maximum absolute atomic E-state index is 5.35. The molecule has 0 aromatic carbocycles. The van der Waals surface area contributed by atoms with Crippen molar-refractivity contribution in [2.24, 2.45) is 5.92 Å². The highest BCUT2D eigenvalue weighted by Crippen LogP contribution is 2.27. The first kappa shape index (κ1) is 15.9. The van der Waals surface area contributed by atoms with Gasteiger partial charge in [0.25, 0.3) is 0 Å². The van der Waals surface area contributed by atoms with Crippen LogP contribution in [-0.4, -0.2) is 28.2 Å². The summed E-state index contributed by atoms with van der Waals surface area (Å²) in [5.74, 6) is 2.25. The van der Waals surface area contributed by atoms with Crippen LogP contribution < -0.4 is 5.32 Å². The summed E-state index contributed by atoms with van der Waals surface area (Å²) >= 11 is 0. The van der Waals surface area contributed by atoms with Gasteiger partial charge in [0.1, 0.15) is 0 Å². The number of nitrogens with zero attached hydrogens (tertiary/aromatic N) is 3. The summed E-state index contributed by atoms with van der Waals surface area (Å²) in [5.41, 5.74) is 0.939. The van der Waals surface area contributed by atoms with E-state index in [1.807, 2.05) is 12.1 Å². The lowest BCUT2D eigenvalue weighted by Gasteiger charge is -2.07. The molecule has 5 nitrogen and oxygen atoms in total. The summed E-state index contributed by atoms with van der Waals surface area (Å²) in [6.07, 6.45) is 3.45. The van der Waals surface area contributed by atoms with Crippen LogP contribution in [0, 0.1) is 5.92 Å². The molecule has 104 valence electrons. The van der Waals surface area contributed by atoms with Gasteiger partial charge in [0.2, 0.25) is 11.7 Å². The Kier molecular flexibility index (Phi) is 5.72. The Bertz CT molecular complexity index is 505. The van der Waals surface area contributed by atoms with Gasteiger partial charge >= 0.3 is 0 Å². The Balaban J connectivity index is 0.000000902. The lowest BCUT2D eigenvalue weighted by atomic mass is 9.98. The zero-order valence-corrected chi connectivity index (χ0v) is 12.1. The molecule has 2 aromatic heterocycles. The molecule has 0 amide bonds. The number of nitrogens with one attached hydrogen (secondary N) is 1. The monoisotopic (exact) mass is 302 g/mol. The summed E-state index contributed by atoms with van der Waals surface area (Å²) in [6, 6.07) is 3.76. The SMILES string of the molecule is CC1CNCC1c1nc(-c2ccncc2)no1.Cl.Cl. The van der Waals surface area contributed by atoms with Crippen LogP contribution in [0.5, 0.6) is 0 Å². The highest BCUT2D eigenvalue weighted by Gasteiger charge is 2.29. The average Bonchev–Trinajstić information content (AvgIpc) is 2.98. The lowest BCUT2D eigenvalue weighted by Crippen LogP contribution is -2.08. The summed E-state index contributed by atoms with van der Waals surface area (Å²) < 4.78 is 5.35. The van der Waals surface area contributed by atoms with E-state index in [-0.39, 0.29) is 24.8 Å². The molecule has 0 spiro atoms. The largest absolute Gasteiger partial charge is 0.339 e. The maximum atomic E-state index is 5.35. The molecular formula is C12H16Cl2N4O. The molecule has 0 bridgehead atoms. The molecule has 0 aliphatic carbocycles. The van der Waals surface area contributed by atoms with Crippen LogP contribution in [0.25, 0.3) is 11.4 Å². The average molecular weight is 303 g/mol. The van der Waals surface area contributed by atoms with Crippen molar-refractivity contribution in [3.8, 4) is 11.4 Å². The van der Waals surface area contributed by atoms with Crippen LogP contribution >= 0.6 is 24.8 Å². The van der Waals surface area contributed by atoms with Gasteiger partial charge in [-0.2, -0.15) is 4.98 Å². The molecule has 1 N–H and O–H groups in total. The standard InChI is InChI=1S/C12H14N4O.2ClH/c1-8-6-14-7-10(8)12-15-11(16-17-12)9-2-4-13-5-3-9;;/h2-5,8,10,14H,6-7H2,1H3;2*1H. The molecule has 1 saturated heterocycles. The molecule has 2 atom stereocenters. The van der Waals surface area contributed by atoms with E-state index in [2.05, 4.69) is 27.4 Å².